The minimum atomic E-state index is 0.386. The third-order valence-corrected chi connectivity index (χ3v) is 4.29. The summed E-state index contributed by atoms with van der Waals surface area (Å²) in [5.74, 6) is 1.31. The van der Waals surface area contributed by atoms with Crippen LogP contribution in [0.1, 0.15) is 25.1 Å². The van der Waals surface area contributed by atoms with Gasteiger partial charge in [-0.1, -0.05) is 0 Å². The third kappa shape index (κ3) is 1.10. The Kier molecular flexibility index (Phi) is 1.96. The molecular formula is C10H14BrN3. The van der Waals surface area contributed by atoms with E-state index in [2.05, 4.69) is 30.8 Å². The van der Waals surface area contributed by atoms with Crippen LogP contribution >= 0.6 is 15.9 Å². The zero-order valence-corrected chi connectivity index (χ0v) is 9.68. The van der Waals surface area contributed by atoms with Crippen molar-refractivity contribution in [2.24, 2.45) is 0 Å². The van der Waals surface area contributed by atoms with Crippen molar-refractivity contribution in [3.63, 3.8) is 0 Å². The van der Waals surface area contributed by atoms with Gasteiger partial charge in [-0.3, -0.25) is 0 Å². The van der Waals surface area contributed by atoms with Crippen LogP contribution in [-0.2, 0) is 12.0 Å². The van der Waals surface area contributed by atoms with Crippen molar-refractivity contribution in [3.8, 4) is 0 Å². The van der Waals surface area contributed by atoms with Crippen LogP contribution < -0.4 is 5.32 Å². The van der Waals surface area contributed by atoms with Gasteiger partial charge in [0.25, 0.3) is 0 Å². The third-order valence-electron chi connectivity index (χ3n) is 3.66. The minimum Gasteiger partial charge on any atom is -0.322 e. The zero-order chi connectivity index (χ0) is 9.60. The Hall–Kier alpha value is -0.350. The maximum Gasteiger partial charge on any atom is 0.115 e. The highest BCUT2D eigenvalue weighted by Crippen LogP contribution is 2.42. The molecule has 2 aliphatic rings. The highest BCUT2D eigenvalue weighted by Gasteiger charge is 2.41. The fraction of sp³-hybridized carbons (Fsp3) is 0.700. The molecule has 2 aliphatic heterocycles. The first-order chi connectivity index (χ1) is 6.82. The van der Waals surface area contributed by atoms with E-state index in [9.17, 15) is 0 Å². The predicted octanol–water partition coefficient (Wildman–Crippen LogP) is 1.67. The van der Waals surface area contributed by atoms with Crippen molar-refractivity contribution in [3.05, 3.63) is 16.6 Å². The number of nitrogens with zero attached hydrogens (tertiary/aromatic N) is 2. The average Bonchev–Trinajstić information content (AvgIpc) is 2.73. The molecule has 1 aromatic rings. The lowest BCUT2D eigenvalue weighted by Gasteiger charge is -2.32. The molecule has 0 amide bonds. The van der Waals surface area contributed by atoms with E-state index in [0.717, 1.165) is 24.2 Å². The van der Waals surface area contributed by atoms with Gasteiger partial charge in [0.1, 0.15) is 10.4 Å². The second kappa shape index (κ2) is 3.07. The number of hydrogen-bond acceptors (Lipinski definition) is 2. The SMILES string of the molecule is Brc1cnc2n1CCC21CCNCC1. The van der Waals surface area contributed by atoms with E-state index in [1.165, 1.54) is 25.1 Å². The van der Waals surface area contributed by atoms with Crippen LogP contribution in [-0.4, -0.2) is 22.6 Å². The normalized spacial score (nSPS) is 24.1. The van der Waals surface area contributed by atoms with Crippen LogP contribution in [0.3, 0.4) is 0 Å². The van der Waals surface area contributed by atoms with Gasteiger partial charge in [-0.25, -0.2) is 4.98 Å². The number of imidazole rings is 1. The number of halogens is 1. The van der Waals surface area contributed by atoms with E-state index < -0.39 is 0 Å². The molecule has 1 spiro atoms. The number of aromatic nitrogens is 2. The summed E-state index contributed by atoms with van der Waals surface area (Å²) >= 11 is 3.55. The largest absolute Gasteiger partial charge is 0.322 e. The highest BCUT2D eigenvalue weighted by molar-refractivity contribution is 9.10. The van der Waals surface area contributed by atoms with Crippen LogP contribution in [0, 0.1) is 0 Å². The van der Waals surface area contributed by atoms with Crippen LogP contribution in [0.2, 0.25) is 0 Å². The van der Waals surface area contributed by atoms with Crippen molar-refractivity contribution < 1.29 is 0 Å². The standard InChI is InChI=1S/C10H14BrN3/c11-8-7-13-9-10(3-6-14(8)9)1-4-12-5-2-10/h7,12H,1-6H2. The molecule has 1 saturated heterocycles. The molecule has 0 unspecified atom stereocenters. The Labute approximate surface area is 92.0 Å². The Morgan fingerprint density at radius 3 is 2.93 bits per heavy atom. The molecule has 0 aliphatic carbocycles. The molecule has 4 heteroatoms. The predicted molar refractivity (Wildman–Crippen MR) is 58.3 cm³/mol. The molecule has 0 bridgehead atoms. The number of rotatable bonds is 0. The molecule has 0 aromatic carbocycles. The molecule has 1 fully saturated rings. The van der Waals surface area contributed by atoms with Gasteiger partial charge in [-0.05, 0) is 48.3 Å². The van der Waals surface area contributed by atoms with Crippen molar-refractivity contribution >= 4 is 15.9 Å². The van der Waals surface area contributed by atoms with Gasteiger partial charge in [-0.15, -0.1) is 0 Å². The van der Waals surface area contributed by atoms with Crippen molar-refractivity contribution in [2.75, 3.05) is 13.1 Å². The Morgan fingerprint density at radius 2 is 2.14 bits per heavy atom. The van der Waals surface area contributed by atoms with E-state index in [-0.39, 0.29) is 0 Å². The summed E-state index contributed by atoms with van der Waals surface area (Å²) < 4.78 is 3.47. The maximum atomic E-state index is 4.56. The van der Waals surface area contributed by atoms with Crippen molar-refractivity contribution in [1.82, 2.24) is 14.9 Å². The van der Waals surface area contributed by atoms with Gasteiger partial charge < -0.3 is 9.88 Å². The second-order valence-electron chi connectivity index (χ2n) is 4.34. The van der Waals surface area contributed by atoms with E-state index >= 15 is 0 Å². The Bertz CT molecular complexity index is 352. The fourth-order valence-electron chi connectivity index (χ4n) is 2.81. The van der Waals surface area contributed by atoms with Gasteiger partial charge >= 0.3 is 0 Å². The van der Waals surface area contributed by atoms with E-state index in [1.54, 1.807) is 0 Å². The number of fused-ring (bicyclic) bond motifs is 2. The highest BCUT2D eigenvalue weighted by atomic mass is 79.9. The Balaban J connectivity index is 2.03. The molecular weight excluding hydrogens is 242 g/mol. The van der Waals surface area contributed by atoms with Gasteiger partial charge in [0.2, 0.25) is 0 Å². The Morgan fingerprint density at radius 1 is 1.36 bits per heavy atom. The van der Waals surface area contributed by atoms with E-state index in [4.69, 9.17) is 0 Å². The van der Waals surface area contributed by atoms with Gasteiger partial charge in [-0.2, -0.15) is 0 Å². The molecule has 0 atom stereocenters. The molecule has 0 radical (unpaired) electrons. The smallest absolute Gasteiger partial charge is 0.115 e. The van der Waals surface area contributed by atoms with Crippen LogP contribution in [0.5, 0.6) is 0 Å². The summed E-state index contributed by atoms with van der Waals surface area (Å²) in [6.07, 6.45) is 5.71. The number of hydrogen-bond donors (Lipinski definition) is 1. The first kappa shape index (κ1) is 8.92. The topological polar surface area (TPSA) is 29.9 Å². The molecule has 76 valence electrons. The van der Waals surface area contributed by atoms with Crippen molar-refractivity contribution in [2.45, 2.75) is 31.2 Å². The molecule has 14 heavy (non-hydrogen) atoms. The lowest BCUT2D eigenvalue weighted by atomic mass is 9.77. The first-order valence-corrected chi connectivity index (χ1v) is 6.03. The number of nitrogens with one attached hydrogen (secondary N) is 1. The van der Waals surface area contributed by atoms with Gasteiger partial charge in [0, 0.05) is 12.0 Å². The summed E-state index contributed by atoms with van der Waals surface area (Å²) in [5, 5.41) is 3.42. The van der Waals surface area contributed by atoms with Crippen LogP contribution in [0.15, 0.2) is 10.8 Å². The molecule has 3 heterocycles. The van der Waals surface area contributed by atoms with E-state index in [0.29, 0.717) is 5.41 Å². The van der Waals surface area contributed by atoms with Gasteiger partial charge in [0.15, 0.2) is 0 Å². The first-order valence-electron chi connectivity index (χ1n) is 5.24. The fourth-order valence-corrected chi connectivity index (χ4v) is 3.26. The lowest BCUT2D eigenvalue weighted by Crippen LogP contribution is -2.38. The maximum absolute atomic E-state index is 4.56. The summed E-state index contributed by atoms with van der Waals surface area (Å²) in [4.78, 5) is 4.56. The van der Waals surface area contributed by atoms with Crippen LogP contribution in [0.25, 0.3) is 0 Å². The molecule has 0 saturated carbocycles. The monoisotopic (exact) mass is 255 g/mol. The summed E-state index contributed by atoms with van der Waals surface area (Å²) in [6.45, 7) is 3.42. The minimum absolute atomic E-state index is 0.386. The summed E-state index contributed by atoms with van der Waals surface area (Å²) in [5.41, 5.74) is 0.386. The molecule has 3 rings (SSSR count). The van der Waals surface area contributed by atoms with E-state index in [1.807, 2.05) is 6.20 Å². The summed E-state index contributed by atoms with van der Waals surface area (Å²) in [7, 11) is 0. The molecule has 3 nitrogen and oxygen atoms in total. The zero-order valence-electron chi connectivity index (χ0n) is 8.09. The molecule has 1 N–H and O–H groups in total. The van der Waals surface area contributed by atoms with Crippen LogP contribution in [0.4, 0.5) is 0 Å². The number of piperidine rings is 1. The molecule has 1 aromatic heterocycles. The summed E-state index contributed by atoms with van der Waals surface area (Å²) in [6, 6.07) is 0. The second-order valence-corrected chi connectivity index (χ2v) is 5.15. The lowest BCUT2D eigenvalue weighted by molar-refractivity contribution is 0.300. The average molecular weight is 256 g/mol. The van der Waals surface area contributed by atoms with Crippen molar-refractivity contribution in [1.29, 1.82) is 0 Å². The quantitative estimate of drug-likeness (QED) is 0.765. The van der Waals surface area contributed by atoms with Gasteiger partial charge in [0.05, 0.1) is 6.20 Å².